The van der Waals surface area contributed by atoms with Crippen LogP contribution in [0.3, 0.4) is 0 Å². The van der Waals surface area contributed by atoms with Gasteiger partial charge in [0.2, 0.25) is 47.6 Å². The quantitative estimate of drug-likeness (QED) is 0.0176. The number of amides is 11. The van der Waals surface area contributed by atoms with E-state index in [1.165, 1.54) is 11.8 Å². The summed E-state index contributed by atoms with van der Waals surface area (Å²) < 4.78 is 74.4. The molecule has 6 aliphatic rings. The number of likely N-dealkylation sites (tertiary alicyclic amines) is 2. The SMILES string of the molecule is CCOC[C@@H]1C[C@H](N2C(=O)C=CC2=O)C(=O)N1CC(=O)NCCCCc1ccc(COC(=O)C(C)(C)C)c(O[C@@H]2OC[C@@H](O)[C@H](O)[C@H]2O)c1.COCCOCCOCCC(=O)NC[C@@H]1C[C@@H](N2C(=O)C=CC2=O)C(=O)N1CC(=O)N[C@H](C(=O)N[C@@H](C)C(=O)Nc1ccc(COC(=O)C(C)(C)C)c(CC[C@@H]2OC[C@@H](O)[C@H](O)[C@H]2O)c1)C(C)C.O=C=O.O=C=O.O=S(=O)=O. The van der Waals surface area contributed by atoms with Gasteiger partial charge in [-0.25, -0.2) is 0 Å². The average molecular weight is 1820 g/mol. The van der Waals surface area contributed by atoms with Crippen molar-refractivity contribution in [3.05, 3.63) is 83.0 Å². The van der Waals surface area contributed by atoms with Crippen LogP contribution in [0.4, 0.5) is 5.69 Å². The van der Waals surface area contributed by atoms with Crippen LogP contribution < -0.4 is 31.3 Å². The van der Waals surface area contributed by atoms with Crippen LogP contribution >= 0.6 is 0 Å². The molecule has 704 valence electrons. The molecule has 6 heterocycles. The second-order valence-corrected chi connectivity index (χ2v) is 32.4. The number of rotatable bonds is 40. The molecule has 0 spiro atoms. The highest BCUT2D eigenvalue weighted by Crippen LogP contribution is 2.32. The number of imide groups is 2. The summed E-state index contributed by atoms with van der Waals surface area (Å²) in [4.78, 5) is 205. The lowest BCUT2D eigenvalue weighted by Crippen LogP contribution is -2.56. The van der Waals surface area contributed by atoms with E-state index in [0.717, 1.165) is 44.6 Å². The van der Waals surface area contributed by atoms with Crippen LogP contribution in [0.5, 0.6) is 5.75 Å². The molecule has 2 aromatic carbocycles. The van der Waals surface area contributed by atoms with Crippen molar-refractivity contribution in [2.45, 2.75) is 219 Å². The first-order valence-electron chi connectivity index (χ1n) is 40.6. The van der Waals surface area contributed by atoms with Crippen molar-refractivity contribution in [2.24, 2.45) is 16.7 Å². The largest absolute Gasteiger partial charge is 0.462 e. The van der Waals surface area contributed by atoms with Gasteiger partial charge in [0.05, 0.1) is 95.0 Å². The summed E-state index contributed by atoms with van der Waals surface area (Å²) in [5, 5.41) is 74.4. The van der Waals surface area contributed by atoms with E-state index < -0.39 is 190 Å². The fraction of sp³-hybridized carbons (Fsp3) is 0.622. The molecule has 11 N–H and O–H groups in total. The van der Waals surface area contributed by atoms with Crippen molar-refractivity contribution < 1.29 is 167 Å². The normalized spacial score (nSPS) is 22.3. The van der Waals surface area contributed by atoms with Gasteiger partial charge < -0.3 is 110 Å². The fourth-order valence-corrected chi connectivity index (χ4v) is 13.2. The second-order valence-electron chi connectivity index (χ2n) is 32.0. The molecule has 2 aromatic rings. The Balaban J connectivity index is 0.000000501. The molecule has 0 aromatic heterocycles. The van der Waals surface area contributed by atoms with Crippen LogP contribution in [0, 0.1) is 16.7 Å². The average Bonchev–Trinajstić information content (AvgIpc) is 1.64. The number of aliphatic hydroxyl groups is 6. The highest BCUT2D eigenvalue weighted by atomic mass is 32.2. The Labute approximate surface area is 733 Å². The summed E-state index contributed by atoms with van der Waals surface area (Å²) in [6, 6.07) is 4.42. The molecule has 6 aliphatic heterocycles. The van der Waals surface area contributed by atoms with Crippen molar-refractivity contribution in [1.82, 2.24) is 40.9 Å². The number of hydrogen-bond donors (Lipinski definition) is 11. The highest BCUT2D eigenvalue weighted by Gasteiger charge is 2.50. The first-order chi connectivity index (χ1) is 59.9. The summed E-state index contributed by atoms with van der Waals surface area (Å²) in [5.41, 5.74) is 1.45. The maximum Gasteiger partial charge on any atom is 0.425 e. The molecule has 0 unspecified atom stereocenters. The summed E-state index contributed by atoms with van der Waals surface area (Å²) in [6.07, 6.45) is -3.05. The molecular formula is C82H115N9O35S. The van der Waals surface area contributed by atoms with Crippen LogP contribution in [0.15, 0.2) is 60.7 Å². The van der Waals surface area contributed by atoms with E-state index in [1.807, 2.05) is 13.0 Å². The van der Waals surface area contributed by atoms with Gasteiger partial charge in [0.15, 0.2) is 0 Å². The number of nitrogens with zero attached hydrogens (tertiary/aromatic N) is 4. The Hall–Kier alpha value is -10.9. The third-order valence-electron chi connectivity index (χ3n) is 20.1. The number of aryl methyl sites for hydroxylation is 2. The second kappa shape index (κ2) is 53.7. The van der Waals surface area contributed by atoms with Crippen LogP contribution in [0.2, 0.25) is 0 Å². The van der Waals surface area contributed by atoms with E-state index in [0.29, 0.717) is 74.6 Å². The van der Waals surface area contributed by atoms with Gasteiger partial charge in [0.1, 0.15) is 79.8 Å². The maximum absolute atomic E-state index is 13.8. The molecule has 4 saturated heterocycles. The van der Waals surface area contributed by atoms with Crippen molar-refractivity contribution >= 4 is 106 Å². The number of carbonyl (C=O) groups is 13. The number of methoxy groups -OCH3 is 1. The smallest absolute Gasteiger partial charge is 0.425 e. The number of unbranched alkanes of at least 4 members (excludes halogenated alkanes) is 1. The Kier molecular flexibility index (Phi) is 45.9. The Morgan fingerprint density at radius 2 is 1.08 bits per heavy atom. The zero-order chi connectivity index (χ0) is 95.2. The summed E-state index contributed by atoms with van der Waals surface area (Å²) >= 11 is 0. The first-order valence-corrected chi connectivity index (χ1v) is 41.6. The molecule has 11 amide bonds. The number of hydrogen-bond acceptors (Lipinski definition) is 35. The molecule has 44 nitrogen and oxygen atoms in total. The van der Waals surface area contributed by atoms with E-state index in [2.05, 4.69) is 26.6 Å². The minimum atomic E-state index is -3.11. The van der Waals surface area contributed by atoms with Crippen LogP contribution in [-0.4, -0.2) is 330 Å². The molecular weight excluding hydrogens is 1700 g/mol. The van der Waals surface area contributed by atoms with Gasteiger partial charge in [-0.05, 0) is 135 Å². The summed E-state index contributed by atoms with van der Waals surface area (Å²) in [7, 11) is -1.55. The Bertz CT molecular complexity index is 4300. The van der Waals surface area contributed by atoms with Crippen LogP contribution in [-0.2, 0) is 156 Å². The zero-order valence-electron chi connectivity index (χ0n) is 72.4. The number of anilines is 1. The number of benzene rings is 2. The van der Waals surface area contributed by atoms with E-state index in [-0.39, 0.29) is 115 Å². The van der Waals surface area contributed by atoms with Gasteiger partial charge in [-0.15, -0.1) is 12.6 Å². The lowest BCUT2D eigenvalue weighted by Gasteiger charge is -2.35. The minimum Gasteiger partial charge on any atom is -0.462 e. The number of carbonyl (C=O) groups excluding carboxylic acids is 17. The number of ether oxygens (including phenoxy) is 9. The standard InChI is InChI=1S/C46H68N6O16.C34H47N3O12.2CO2.O3S/c1-26(2)39(50-36(55)23-51-31(21-32(44(51)62)52-37(56)12-13-38(52)57)22-47-35(54)14-15-65-18-19-66-17-16-64-7)43(61)48-27(3)42(60)49-30-10-8-29(24-68-45(63)46(4,5)6)28(20-30)9-11-34-41(59)40(58)33(53)25-67-34;1-5-46-18-22-15-23(37-27(40)11-12-28(37)41)31(44)36(22)16-26(39)35-13-7-6-8-20-9-10-21(17-48-33(45)34(2,3)4)25(14-20)49-32-30(43)29(42)24(38)19-47-32;2*2-1-3;1-4(2)3/h8,10,12-13,20,26-27,31-34,39-41,53,58-59H,9,11,14-19,21-25H2,1-7H3,(H,47,54)(H,48,61)(H,49,60)(H,50,55);9-12,14,22-24,29-30,32,38,42-43H,5-8,13,15-19H2,1-4H3,(H,35,39);;;/t27-,31-,32+,33+,34-,39-,40-,41-;22-,23-,24+,29-,30+,32-;;;/m00.../s1. The van der Waals surface area contributed by atoms with Crippen molar-refractivity contribution in [2.75, 3.05) is 98.1 Å². The van der Waals surface area contributed by atoms with Gasteiger partial charge in [0.25, 0.3) is 23.6 Å². The molecule has 4 fully saturated rings. The summed E-state index contributed by atoms with van der Waals surface area (Å²) in [5.74, 6) is -7.59. The highest BCUT2D eigenvalue weighted by molar-refractivity contribution is 7.59. The molecule has 127 heavy (non-hydrogen) atoms. The molecule has 0 saturated carbocycles. The molecule has 0 aliphatic carbocycles. The molecule has 0 radical (unpaired) electrons. The van der Waals surface area contributed by atoms with Gasteiger partial charge in [-0.2, -0.15) is 19.2 Å². The Morgan fingerprint density at radius 3 is 1.62 bits per heavy atom. The predicted molar refractivity (Wildman–Crippen MR) is 432 cm³/mol. The van der Waals surface area contributed by atoms with Gasteiger partial charge in [-0.1, -0.05) is 32.0 Å². The molecule has 14 atom stereocenters. The lowest BCUT2D eigenvalue weighted by atomic mass is 9.93. The number of aliphatic hydroxyl groups excluding tert-OH is 6. The van der Waals surface area contributed by atoms with E-state index in [1.54, 1.807) is 92.8 Å². The topological polar surface area (TPSA) is 619 Å². The van der Waals surface area contributed by atoms with E-state index >= 15 is 0 Å². The van der Waals surface area contributed by atoms with Gasteiger partial charge in [0, 0.05) is 75.2 Å². The maximum atomic E-state index is 13.8. The molecule has 8 rings (SSSR count). The fourth-order valence-electron chi connectivity index (χ4n) is 13.2. The Morgan fingerprint density at radius 1 is 0.575 bits per heavy atom. The summed E-state index contributed by atoms with van der Waals surface area (Å²) in [6.45, 7) is 17.8. The van der Waals surface area contributed by atoms with Crippen LogP contribution in [0.25, 0.3) is 0 Å². The van der Waals surface area contributed by atoms with Crippen molar-refractivity contribution in [1.29, 1.82) is 0 Å². The molecule has 45 heteroatoms. The van der Waals surface area contributed by atoms with E-state index in [4.69, 9.17) is 74.4 Å². The molecule has 0 bridgehead atoms. The first kappa shape index (κ1) is 108. The van der Waals surface area contributed by atoms with Crippen molar-refractivity contribution in [3.8, 4) is 5.75 Å². The third kappa shape index (κ3) is 35.0. The van der Waals surface area contributed by atoms with Crippen molar-refractivity contribution in [3.63, 3.8) is 0 Å². The van der Waals surface area contributed by atoms with E-state index in [9.17, 15) is 93.0 Å². The third-order valence-corrected chi connectivity index (χ3v) is 20.1. The van der Waals surface area contributed by atoms with Gasteiger partial charge >= 0.3 is 34.9 Å². The minimum absolute atomic E-state index is 0.0114. The monoisotopic (exact) mass is 1820 g/mol. The zero-order valence-corrected chi connectivity index (χ0v) is 73.2. The number of esters is 2. The predicted octanol–water partition coefficient (Wildman–Crippen LogP) is -3.35. The number of nitrogens with one attached hydrogen (secondary N) is 5. The van der Waals surface area contributed by atoms with Gasteiger partial charge in [-0.3, -0.25) is 72.1 Å². The lowest BCUT2D eigenvalue weighted by molar-refractivity contribution is -0.242. The van der Waals surface area contributed by atoms with Crippen LogP contribution in [0.1, 0.15) is 130 Å².